The number of aryl methyl sites for hydroxylation is 3. The number of halogens is 5. The molecule has 0 radical (unpaired) electrons. The van der Waals surface area contributed by atoms with Crippen molar-refractivity contribution in [2.24, 2.45) is 0 Å². The summed E-state index contributed by atoms with van der Waals surface area (Å²) in [4.78, 5) is 73.8. The fourth-order valence-electron chi connectivity index (χ4n) is 4.59. The van der Waals surface area contributed by atoms with E-state index in [1.165, 1.54) is 57.8 Å². The molecule has 0 aliphatic rings. The maximum Gasteiger partial charge on any atom is 0.420 e. The number of carbonyl (C=O) groups excluding carboxylic acids is 3. The van der Waals surface area contributed by atoms with Gasteiger partial charge in [0.05, 0.1) is 36.6 Å². The van der Waals surface area contributed by atoms with E-state index in [-0.39, 0.29) is 24.9 Å². The number of pyridine rings is 1. The number of nitrogens with one attached hydrogen (secondary N) is 1. The van der Waals surface area contributed by atoms with Crippen LogP contribution < -0.4 is 22.7 Å². The van der Waals surface area contributed by atoms with E-state index < -0.39 is 43.7 Å². The van der Waals surface area contributed by atoms with Gasteiger partial charge in [0.25, 0.3) is 5.56 Å². The second kappa shape index (κ2) is 20.1. The molecule has 0 saturated carbocycles. The van der Waals surface area contributed by atoms with Crippen molar-refractivity contribution in [2.45, 2.75) is 38.2 Å². The molecule has 5 heterocycles. The number of nitrogen functional groups attached to an aromatic ring is 1. The number of nitrogens with zero attached hydrogens (tertiary/aromatic N) is 1. The highest BCUT2D eigenvalue weighted by atomic mass is 35.6. The molecule has 0 atom stereocenters. The number of anilines is 1. The third kappa shape index (κ3) is 12.8. The maximum absolute atomic E-state index is 13.5. The van der Waals surface area contributed by atoms with E-state index in [4.69, 9.17) is 45.3 Å². The first kappa shape index (κ1) is 46.0. The molecular formula is C34H30Cl4FN3O11S3. The Labute approximate surface area is 347 Å². The highest BCUT2D eigenvalue weighted by Crippen LogP contribution is 2.33. The van der Waals surface area contributed by atoms with Crippen molar-refractivity contribution in [1.29, 1.82) is 0 Å². The van der Waals surface area contributed by atoms with Gasteiger partial charge in [0.1, 0.15) is 26.2 Å². The second-order valence-electron chi connectivity index (χ2n) is 10.9. The van der Waals surface area contributed by atoms with Crippen molar-refractivity contribution in [2.75, 3.05) is 19.5 Å². The number of carbonyl (C=O) groups is 3. The molecule has 0 aliphatic carbocycles. The summed E-state index contributed by atoms with van der Waals surface area (Å²) in [7, 11) is 1.34. The van der Waals surface area contributed by atoms with E-state index >= 15 is 0 Å². The minimum atomic E-state index is -2.04. The lowest BCUT2D eigenvalue weighted by molar-refractivity contribution is 0.0519. The monoisotopic (exact) mass is 911 g/mol. The lowest BCUT2D eigenvalue weighted by Crippen LogP contribution is -2.28. The number of methoxy groups -OCH3 is 1. The number of alkyl halides is 3. The van der Waals surface area contributed by atoms with Gasteiger partial charge in [-0.15, -0.1) is 34.0 Å². The molecule has 5 aromatic heterocycles. The number of esters is 2. The van der Waals surface area contributed by atoms with Crippen molar-refractivity contribution < 1.29 is 42.5 Å². The molecular weight excluding hydrogens is 883 g/mol. The quantitative estimate of drug-likeness (QED) is 0.0644. The van der Waals surface area contributed by atoms with Crippen molar-refractivity contribution in [3.8, 4) is 5.75 Å². The highest BCUT2D eigenvalue weighted by Gasteiger charge is 2.25. The summed E-state index contributed by atoms with van der Waals surface area (Å²) in [5.41, 5.74) is 3.81. The molecule has 14 nitrogen and oxygen atoms in total. The Balaban J connectivity index is 0.000000226. The van der Waals surface area contributed by atoms with Crippen LogP contribution in [0.4, 0.5) is 14.2 Å². The Morgan fingerprint density at radius 3 is 2.12 bits per heavy atom. The Morgan fingerprint density at radius 2 is 1.59 bits per heavy atom. The summed E-state index contributed by atoms with van der Waals surface area (Å²) in [5, 5.41) is 11.8. The summed E-state index contributed by atoms with van der Waals surface area (Å²) >= 11 is 23.5. The number of aromatic amines is 1. The average Bonchev–Trinajstić information content (AvgIpc) is 3.77. The number of fused-ring (bicyclic) bond motifs is 2. The number of nitrogens with two attached hydrogens (primary N) is 1. The summed E-state index contributed by atoms with van der Waals surface area (Å²) < 4.78 is 30.4. The predicted octanol–water partition coefficient (Wildman–Crippen LogP) is 8.41. The van der Waals surface area contributed by atoms with Crippen LogP contribution in [-0.2, 0) is 20.8 Å². The molecule has 0 amide bonds. The Morgan fingerprint density at radius 1 is 0.964 bits per heavy atom. The Kier molecular flexibility index (Phi) is 16.5. The number of hydrogen-bond acceptors (Lipinski definition) is 15. The molecule has 0 spiro atoms. The smallest absolute Gasteiger partial charge is 0.420 e. The minimum absolute atomic E-state index is 0.0831. The zero-order chi connectivity index (χ0) is 42.1. The van der Waals surface area contributed by atoms with Gasteiger partial charge in [-0.2, -0.15) is 0 Å². The number of ether oxygens (including phenoxy) is 3. The lowest BCUT2D eigenvalue weighted by atomic mass is 10.1. The molecule has 0 bridgehead atoms. The number of hydrogen-bond donors (Lipinski definition) is 3. The Bertz CT molecular complexity index is 2550. The normalized spacial score (nSPS) is 10.7. The van der Waals surface area contributed by atoms with Gasteiger partial charge in [0.15, 0.2) is 5.56 Å². The van der Waals surface area contributed by atoms with Crippen LogP contribution in [0.15, 0.2) is 61.3 Å². The zero-order valence-corrected chi connectivity index (χ0v) is 35.1. The van der Waals surface area contributed by atoms with E-state index in [0.29, 0.717) is 36.6 Å². The fraction of sp³-hybridized carbons (Fsp3) is 0.235. The van der Waals surface area contributed by atoms with Crippen LogP contribution in [0, 0.1) is 26.6 Å². The van der Waals surface area contributed by atoms with Crippen LogP contribution >= 0.6 is 80.4 Å². The molecule has 6 aromatic rings. The molecule has 0 aliphatic heterocycles. The summed E-state index contributed by atoms with van der Waals surface area (Å²) in [6.45, 7) is 7.39. The number of aromatic hydroxyl groups is 1. The first-order valence-corrected chi connectivity index (χ1v) is 19.4. The fourth-order valence-corrected chi connectivity index (χ4v) is 7.70. The number of thiophene rings is 3. The third-order valence-electron chi connectivity index (χ3n) is 6.70. The third-order valence-corrected chi connectivity index (χ3v) is 9.93. The SMILES string of the molecule is CCOC(=O)c1c(O)c2cc(C)sc2n(Cc2cccc(F)c2)c1=O.COC(=O)c1cc(C)sc1N.Cc1cc2c(=O)oc(=O)[nH]c2s1.O=C(Cl)OC(Cl)(Cl)Cl. The number of benzene rings is 1. The second-order valence-corrected chi connectivity index (χ2v) is 17.1. The van der Waals surface area contributed by atoms with Crippen LogP contribution in [0.3, 0.4) is 0 Å². The van der Waals surface area contributed by atoms with E-state index in [2.05, 4.69) is 30.5 Å². The van der Waals surface area contributed by atoms with Crippen LogP contribution in [0.25, 0.3) is 20.4 Å². The van der Waals surface area contributed by atoms with E-state index in [9.17, 15) is 38.3 Å². The molecule has 6 rings (SSSR count). The van der Waals surface area contributed by atoms with Gasteiger partial charge in [-0.05, 0) is 98.4 Å². The highest BCUT2D eigenvalue weighted by molar-refractivity contribution is 7.19. The predicted molar refractivity (Wildman–Crippen MR) is 217 cm³/mol. The molecule has 300 valence electrons. The number of rotatable bonds is 5. The molecule has 0 saturated heterocycles. The molecule has 4 N–H and O–H groups in total. The summed E-state index contributed by atoms with van der Waals surface area (Å²) in [5.74, 6) is -2.73. The average molecular weight is 914 g/mol. The molecule has 0 fully saturated rings. The van der Waals surface area contributed by atoms with Gasteiger partial charge in [-0.25, -0.2) is 28.4 Å². The van der Waals surface area contributed by atoms with E-state index in [1.54, 1.807) is 37.3 Å². The van der Waals surface area contributed by atoms with Gasteiger partial charge in [0, 0.05) is 26.2 Å². The maximum atomic E-state index is 13.5. The Hall–Kier alpha value is -4.43. The van der Waals surface area contributed by atoms with Crippen molar-refractivity contribution >= 4 is 123 Å². The van der Waals surface area contributed by atoms with Gasteiger partial charge in [-0.1, -0.05) is 12.1 Å². The van der Waals surface area contributed by atoms with Gasteiger partial charge in [-0.3, -0.25) is 14.3 Å². The van der Waals surface area contributed by atoms with Crippen LogP contribution in [-0.4, -0.2) is 49.7 Å². The molecule has 56 heavy (non-hydrogen) atoms. The number of H-pyrrole nitrogens is 1. The molecule has 1 aromatic carbocycles. The van der Waals surface area contributed by atoms with Crippen molar-refractivity contribution in [1.82, 2.24) is 9.55 Å². The lowest BCUT2D eigenvalue weighted by Gasteiger charge is -2.12. The first-order chi connectivity index (χ1) is 26.1. The van der Waals surface area contributed by atoms with Crippen molar-refractivity contribution in [3.63, 3.8) is 0 Å². The van der Waals surface area contributed by atoms with Gasteiger partial charge >= 0.3 is 32.7 Å². The molecule has 22 heteroatoms. The molecule has 0 unspecified atom stereocenters. The zero-order valence-electron chi connectivity index (χ0n) is 29.6. The standard InChI is InChI=1S/C18H16FNO4S.C7H5NO3S.C7H9NO2S.C2Cl4O2/c1-3-24-18(23)14-15(21)13-7-10(2)25-17(13)20(16(14)22)9-11-5-4-6-12(19)8-11;1-3-2-4-5(12-3)8-7(10)11-6(4)9;1-4-3-5(6(8)11-4)7(9)10-2;3-1(7)8-2(4,5)6/h4-8,21H,3,9H2,1-2H3;2H,1H3,(H,8,10);3H,8H2,1-2H3;. The number of aromatic nitrogens is 2. The topological polar surface area (TPSA) is 210 Å². The van der Waals surface area contributed by atoms with E-state index in [1.807, 2.05) is 20.8 Å². The summed E-state index contributed by atoms with van der Waals surface area (Å²) in [6, 6.07) is 11.0. The van der Waals surface area contributed by atoms with Gasteiger partial charge in [0.2, 0.25) is 0 Å². The van der Waals surface area contributed by atoms with E-state index in [0.717, 1.165) is 14.6 Å². The van der Waals surface area contributed by atoms with Crippen molar-refractivity contribution in [3.05, 3.63) is 111 Å². The largest absolute Gasteiger partial charge is 0.506 e. The van der Waals surface area contributed by atoms with Gasteiger partial charge < -0.3 is 29.5 Å². The minimum Gasteiger partial charge on any atom is -0.506 e. The first-order valence-electron chi connectivity index (χ1n) is 15.5. The van der Waals surface area contributed by atoms with Crippen LogP contribution in [0.1, 0.15) is 47.8 Å². The summed E-state index contributed by atoms with van der Waals surface area (Å²) in [6.07, 6.45) is 0. The van der Waals surface area contributed by atoms with Crippen LogP contribution in [0.5, 0.6) is 5.75 Å². The van der Waals surface area contributed by atoms with Crippen LogP contribution in [0.2, 0.25) is 0 Å².